The maximum absolute atomic E-state index is 11.8. The van der Waals surface area contributed by atoms with Crippen molar-refractivity contribution in [3.8, 4) is 0 Å². The van der Waals surface area contributed by atoms with Crippen LogP contribution in [0.3, 0.4) is 0 Å². The van der Waals surface area contributed by atoms with Crippen LogP contribution in [-0.2, 0) is 4.74 Å². The minimum atomic E-state index is -1.58. The molecule has 0 N–H and O–H groups in total. The maximum Gasteiger partial charge on any atom is 0.329 e. The van der Waals surface area contributed by atoms with Crippen molar-refractivity contribution in [2.24, 2.45) is 0 Å². The van der Waals surface area contributed by atoms with Gasteiger partial charge in [-0.1, -0.05) is 38.5 Å². The van der Waals surface area contributed by atoms with Gasteiger partial charge in [0.15, 0.2) is 0 Å². The van der Waals surface area contributed by atoms with Crippen molar-refractivity contribution in [3.63, 3.8) is 0 Å². The lowest BCUT2D eigenvalue weighted by Gasteiger charge is -2.35. The van der Waals surface area contributed by atoms with Gasteiger partial charge in [-0.2, -0.15) is 0 Å². The van der Waals surface area contributed by atoms with E-state index in [1.807, 2.05) is 0 Å². The fourth-order valence-corrected chi connectivity index (χ4v) is 3.91. The van der Waals surface area contributed by atoms with Crippen molar-refractivity contribution >= 4 is 0 Å². The number of ether oxygens (including phenoxy) is 1. The molecule has 2 rings (SSSR count). The number of nitro groups is 2. The second-order valence-corrected chi connectivity index (χ2v) is 7.04. The molecule has 0 radical (unpaired) electrons. The number of hydrogen-bond acceptors (Lipinski definition) is 5. The van der Waals surface area contributed by atoms with Gasteiger partial charge >= 0.3 is 11.4 Å². The SMILES string of the molecule is O=[N+]([O-])C1(OC2([N+](=O)[O-])CCCCCCC2)CCCCCCC1. The first kappa shape index (κ1) is 18.1. The van der Waals surface area contributed by atoms with Crippen molar-refractivity contribution in [1.29, 1.82) is 0 Å². The highest BCUT2D eigenvalue weighted by Crippen LogP contribution is 2.39. The smallest absolute Gasteiger partial charge is 0.262 e. The predicted molar refractivity (Wildman–Crippen MR) is 85.2 cm³/mol. The molecule has 0 aromatic rings. The van der Waals surface area contributed by atoms with E-state index in [0.717, 1.165) is 38.5 Å². The Labute approximate surface area is 137 Å². The first-order valence-electron chi connectivity index (χ1n) is 9.00. The molecule has 0 saturated heterocycles. The zero-order valence-corrected chi connectivity index (χ0v) is 13.8. The summed E-state index contributed by atoms with van der Waals surface area (Å²) in [5.41, 5.74) is -3.15. The van der Waals surface area contributed by atoms with Crippen molar-refractivity contribution < 1.29 is 14.6 Å². The van der Waals surface area contributed by atoms with E-state index in [1.54, 1.807) is 0 Å². The van der Waals surface area contributed by atoms with Crippen LogP contribution < -0.4 is 0 Å². The molecule has 0 spiro atoms. The fourth-order valence-electron chi connectivity index (χ4n) is 3.91. The average molecular weight is 328 g/mol. The summed E-state index contributed by atoms with van der Waals surface area (Å²) in [4.78, 5) is 22.8. The Bertz CT molecular complexity index is 373. The van der Waals surface area contributed by atoms with Gasteiger partial charge in [0.25, 0.3) is 0 Å². The zero-order chi connectivity index (χ0) is 16.8. The molecule has 2 saturated carbocycles. The summed E-state index contributed by atoms with van der Waals surface area (Å²) in [6.45, 7) is 0. The van der Waals surface area contributed by atoms with E-state index in [1.165, 1.54) is 0 Å². The topological polar surface area (TPSA) is 95.5 Å². The maximum atomic E-state index is 11.8. The third-order valence-corrected chi connectivity index (χ3v) is 5.32. The normalized spacial score (nSPS) is 25.4. The molecule has 0 unspecified atom stereocenters. The monoisotopic (exact) mass is 328 g/mol. The molecule has 0 amide bonds. The van der Waals surface area contributed by atoms with E-state index in [0.29, 0.717) is 25.7 Å². The van der Waals surface area contributed by atoms with Gasteiger partial charge in [-0.25, -0.2) is 4.74 Å². The van der Waals surface area contributed by atoms with Gasteiger partial charge in [-0.15, -0.1) is 0 Å². The molecule has 0 aliphatic heterocycles. The van der Waals surface area contributed by atoms with E-state index in [2.05, 4.69) is 0 Å². The second kappa shape index (κ2) is 8.04. The number of hydrogen-bond donors (Lipinski definition) is 0. The van der Waals surface area contributed by atoms with Crippen molar-refractivity contribution in [2.75, 3.05) is 0 Å². The van der Waals surface area contributed by atoms with Crippen LogP contribution in [0, 0.1) is 20.2 Å². The van der Waals surface area contributed by atoms with Crippen LogP contribution in [0.1, 0.15) is 89.9 Å². The largest absolute Gasteiger partial charge is 0.329 e. The molecule has 0 bridgehead atoms. The van der Waals surface area contributed by atoms with E-state index in [4.69, 9.17) is 4.74 Å². The zero-order valence-electron chi connectivity index (χ0n) is 13.8. The van der Waals surface area contributed by atoms with Gasteiger partial charge in [-0.3, -0.25) is 20.2 Å². The highest BCUT2D eigenvalue weighted by Gasteiger charge is 2.56. The highest BCUT2D eigenvalue weighted by molar-refractivity contribution is 4.80. The fraction of sp³-hybridized carbons (Fsp3) is 1.00. The highest BCUT2D eigenvalue weighted by atomic mass is 16.7. The summed E-state index contributed by atoms with van der Waals surface area (Å²) >= 11 is 0. The van der Waals surface area contributed by atoms with Crippen molar-refractivity contribution in [3.05, 3.63) is 20.2 Å². The Balaban J connectivity index is 2.25. The lowest BCUT2D eigenvalue weighted by Crippen LogP contribution is -2.54. The molecule has 23 heavy (non-hydrogen) atoms. The van der Waals surface area contributed by atoms with Crippen LogP contribution in [0.15, 0.2) is 0 Å². The summed E-state index contributed by atoms with van der Waals surface area (Å²) in [6.07, 6.45) is 9.86. The van der Waals surface area contributed by atoms with Crippen LogP contribution >= 0.6 is 0 Å². The second-order valence-electron chi connectivity index (χ2n) is 7.04. The summed E-state index contributed by atoms with van der Waals surface area (Å²) in [5, 5.41) is 23.6. The van der Waals surface area contributed by atoms with Gasteiger partial charge in [-0.05, 0) is 25.7 Å². The molecular formula is C16H28N2O5. The van der Waals surface area contributed by atoms with Gasteiger partial charge < -0.3 is 0 Å². The predicted octanol–water partition coefficient (Wildman–Crippen LogP) is 4.44. The quantitative estimate of drug-likeness (QED) is 0.432. The van der Waals surface area contributed by atoms with Crippen LogP contribution in [-0.4, -0.2) is 21.3 Å². The minimum absolute atomic E-state index is 0.287. The first-order valence-corrected chi connectivity index (χ1v) is 9.00. The van der Waals surface area contributed by atoms with E-state index in [9.17, 15) is 20.2 Å². The molecule has 7 heteroatoms. The Morgan fingerprint density at radius 3 is 1.09 bits per heavy atom. The number of rotatable bonds is 4. The summed E-state index contributed by atoms with van der Waals surface area (Å²) in [5.74, 6) is 0. The van der Waals surface area contributed by atoms with Crippen LogP contribution in [0.2, 0.25) is 0 Å². The van der Waals surface area contributed by atoms with Gasteiger partial charge in [0.2, 0.25) is 0 Å². The van der Waals surface area contributed by atoms with Crippen molar-refractivity contribution in [1.82, 2.24) is 0 Å². The Hall–Kier alpha value is -1.24. The minimum Gasteiger partial charge on any atom is -0.262 e. The molecule has 132 valence electrons. The first-order chi connectivity index (χ1) is 11.0. The van der Waals surface area contributed by atoms with Crippen LogP contribution in [0.4, 0.5) is 0 Å². The number of nitrogens with zero attached hydrogens (tertiary/aromatic N) is 2. The molecule has 0 aromatic carbocycles. The van der Waals surface area contributed by atoms with E-state index in [-0.39, 0.29) is 35.5 Å². The summed E-state index contributed by atoms with van der Waals surface area (Å²) in [7, 11) is 0. The third kappa shape index (κ3) is 4.40. The molecule has 7 nitrogen and oxygen atoms in total. The van der Waals surface area contributed by atoms with E-state index < -0.39 is 11.4 Å². The lowest BCUT2D eigenvalue weighted by molar-refractivity contribution is -0.715. The van der Waals surface area contributed by atoms with Crippen LogP contribution in [0.5, 0.6) is 0 Å². The van der Waals surface area contributed by atoms with Crippen LogP contribution in [0.25, 0.3) is 0 Å². The van der Waals surface area contributed by atoms with Gasteiger partial charge in [0.05, 0.1) is 9.85 Å². The van der Waals surface area contributed by atoms with Gasteiger partial charge in [0, 0.05) is 25.7 Å². The van der Waals surface area contributed by atoms with Gasteiger partial charge in [0.1, 0.15) is 0 Å². The summed E-state index contributed by atoms with van der Waals surface area (Å²) < 4.78 is 5.90. The molecule has 0 atom stereocenters. The molecular weight excluding hydrogens is 300 g/mol. The van der Waals surface area contributed by atoms with Crippen molar-refractivity contribution in [2.45, 2.75) is 101 Å². The van der Waals surface area contributed by atoms with E-state index >= 15 is 0 Å². The third-order valence-electron chi connectivity index (χ3n) is 5.32. The molecule has 2 fully saturated rings. The molecule has 2 aliphatic carbocycles. The Kier molecular flexibility index (Phi) is 6.33. The molecule has 2 aliphatic rings. The molecule has 0 heterocycles. The standard InChI is InChI=1S/C16H28N2O5/c19-17(20)15(11-7-3-1-4-8-12-15)23-16(18(21)22)13-9-5-2-6-10-14-16/h1-14H2. The Morgan fingerprint density at radius 1 is 0.565 bits per heavy atom. The molecule has 0 aromatic heterocycles. The Morgan fingerprint density at radius 2 is 0.826 bits per heavy atom. The lowest BCUT2D eigenvalue weighted by atomic mass is 9.90. The average Bonchev–Trinajstić information content (AvgIpc) is 2.44. The summed E-state index contributed by atoms with van der Waals surface area (Å²) in [6, 6.07) is 0.